The topological polar surface area (TPSA) is 91.9 Å². The first-order chi connectivity index (χ1) is 17.3. The van der Waals surface area contributed by atoms with Crippen LogP contribution in [0.3, 0.4) is 0 Å². The largest absolute Gasteiger partial charge is 0.478 e. The maximum Gasteiger partial charge on any atom is 0.335 e. The summed E-state index contributed by atoms with van der Waals surface area (Å²) in [6.45, 7) is 0. The van der Waals surface area contributed by atoms with E-state index >= 15 is 0 Å². The number of carboxylic acids is 1. The number of hydrogen-bond donors (Lipinski definition) is 2. The molecule has 4 aromatic rings. The van der Waals surface area contributed by atoms with E-state index < -0.39 is 23.5 Å². The van der Waals surface area contributed by atoms with E-state index in [9.17, 15) is 23.6 Å². The van der Waals surface area contributed by atoms with Gasteiger partial charge in [0.25, 0.3) is 0 Å². The van der Waals surface area contributed by atoms with Gasteiger partial charge in [0.15, 0.2) is 0 Å². The summed E-state index contributed by atoms with van der Waals surface area (Å²) >= 11 is 0. The molecule has 0 amide bonds. The molecule has 0 fully saturated rings. The normalized spacial score (nSPS) is 12.4. The fourth-order valence-corrected chi connectivity index (χ4v) is 4.08. The molecule has 0 radical (unpaired) electrons. The second-order valence-corrected chi connectivity index (χ2v) is 8.34. The average Bonchev–Trinajstić information content (AvgIpc) is 2.87. The van der Waals surface area contributed by atoms with Crippen LogP contribution in [-0.4, -0.2) is 26.6 Å². The number of aryl methyl sites for hydroxylation is 1. The van der Waals surface area contributed by atoms with Gasteiger partial charge >= 0.3 is 5.97 Å². The third-order valence-electron chi connectivity index (χ3n) is 6.05. The first-order valence-electron chi connectivity index (χ1n) is 11.0. The van der Waals surface area contributed by atoms with Gasteiger partial charge in [0, 0.05) is 43.3 Å². The molecule has 6 nitrogen and oxygen atoms in total. The van der Waals surface area contributed by atoms with Crippen molar-refractivity contribution in [2.45, 2.75) is 12.3 Å². The predicted octanol–water partition coefficient (Wildman–Crippen LogP) is 5.43. The van der Waals surface area contributed by atoms with Gasteiger partial charge in [0.05, 0.1) is 11.3 Å². The molecule has 0 spiro atoms. The van der Waals surface area contributed by atoms with Crippen molar-refractivity contribution in [3.8, 4) is 11.1 Å². The van der Waals surface area contributed by atoms with Crippen molar-refractivity contribution in [2.75, 3.05) is 0 Å². The second-order valence-electron chi connectivity index (χ2n) is 8.34. The summed E-state index contributed by atoms with van der Waals surface area (Å²) < 4.78 is 29.9. The SMILES string of the molecule is Cn1cc(C(CC(c2ccc(-c3ccc(C(=O)O)cc3)cc2)c2ccc(F)cc2F)=NO)ccc1=O. The van der Waals surface area contributed by atoms with E-state index in [1.807, 2.05) is 12.1 Å². The van der Waals surface area contributed by atoms with Crippen LogP contribution in [0.5, 0.6) is 0 Å². The van der Waals surface area contributed by atoms with Gasteiger partial charge in [-0.25, -0.2) is 13.6 Å². The lowest BCUT2D eigenvalue weighted by Gasteiger charge is -2.20. The number of carbonyl (C=O) groups is 1. The summed E-state index contributed by atoms with van der Waals surface area (Å²) in [6.07, 6.45) is 1.60. The molecule has 1 aromatic heterocycles. The minimum atomic E-state index is -1.01. The number of aromatic carboxylic acids is 1. The minimum Gasteiger partial charge on any atom is -0.478 e. The Morgan fingerprint density at radius 3 is 2.08 bits per heavy atom. The molecule has 1 atom stereocenters. The molecular weight excluding hydrogens is 466 g/mol. The average molecular weight is 488 g/mol. The van der Waals surface area contributed by atoms with Gasteiger partial charge < -0.3 is 14.9 Å². The summed E-state index contributed by atoms with van der Waals surface area (Å²) in [5, 5.41) is 22.3. The smallest absolute Gasteiger partial charge is 0.335 e. The van der Waals surface area contributed by atoms with Gasteiger partial charge in [0.1, 0.15) is 11.6 Å². The molecule has 4 rings (SSSR count). The molecule has 182 valence electrons. The highest BCUT2D eigenvalue weighted by molar-refractivity contribution is 6.00. The standard InChI is InChI=1S/C28H22F2N2O4/c1-32-16-21(10-13-27(32)33)26(31-36)15-24(23-12-11-22(29)14-25(23)30)19-6-2-17(3-7-19)18-4-8-20(9-5-18)28(34)35/h2-14,16,24,36H,15H2,1H3,(H,34,35). The van der Waals surface area contributed by atoms with Crippen LogP contribution in [-0.2, 0) is 7.05 Å². The molecule has 0 aliphatic carbocycles. The van der Waals surface area contributed by atoms with Crippen LogP contribution < -0.4 is 5.56 Å². The first kappa shape index (κ1) is 24.5. The quantitative estimate of drug-likeness (QED) is 0.206. The highest BCUT2D eigenvalue weighted by Gasteiger charge is 2.22. The Morgan fingerprint density at radius 2 is 1.53 bits per heavy atom. The van der Waals surface area contributed by atoms with E-state index in [0.29, 0.717) is 11.1 Å². The maximum absolute atomic E-state index is 14.9. The number of benzene rings is 3. The third-order valence-corrected chi connectivity index (χ3v) is 6.05. The molecule has 0 bridgehead atoms. The van der Waals surface area contributed by atoms with E-state index in [2.05, 4.69) is 5.16 Å². The molecule has 0 aliphatic heterocycles. The van der Waals surface area contributed by atoms with Crippen molar-refractivity contribution in [1.29, 1.82) is 0 Å². The van der Waals surface area contributed by atoms with Gasteiger partial charge in [-0.3, -0.25) is 4.79 Å². The molecule has 36 heavy (non-hydrogen) atoms. The number of aromatic nitrogens is 1. The molecule has 0 saturated heterocycles. The number of oxime groups is 1. The van der Waals surface area contributed by atoms with Crippen LogP contribution in [0, 0.1) is 11.6 Å². The number of carboxylic acid groups (broad SMARTS) is 1. The van der Waals surface area contributed by atoms with Gasteiger partial charge in [-0.2, -0.15) is 0 Å². The second kappa shape index (κ2) is 10.4. The van der Waals surface area contributed by atoms with E-state index in [4.69, 9.17) is 5.11 Å². The van der Waals surface area contributed by atoms with Crippen LogP contribution in [0.15, 0.2) is 95.0 Å². The zero-order valence-electron chi connectivity index (χ0n) is 19.2. The lowest BCUT2D eigenvalue weighted by molar-refractivity contribution is 0.0697. The van der Waals surface area contributed by atoms with Crippen LogP contribution in [0.4, 0.5) is 8.78 Å². The molecule has 0 saturated carbocycles. The number of rotatable bonds is 7. The summed E-state index contributed by atoms with van der Waals surface area (Å²) in [4.78, 5) is 22.9. The van der Waals surface area contributed by atoms with Crippen LogP contribution in [0.25, 0.3) is 11.1 Å². The lowest BCUT2D eigenvalue weighted by Crippen LogP contribution is -2.18. The van der Waals surface area contributed by atoms with E-state index in [1.165, 1.54) is 47.2 Å². The van der Waals surface area contributed by atoms with Crippen molar-refractivity contribution < 1.29 is 23.9 Å². The number of nitrogens with zero attached hydrogens (tertiary/aromatic N) is 2. The zero-order valence-corrected chi connectivity index (χ0v) is 19.2. The monoisotopic (exact) mass is 488 g/mol. The predicted molar refractivity (Wildman–Crippen MR) is 132 cm³/mol. The van der Waals surface area contributed by atoms with E-state index in [1.54, 1.807) is 31.3 Å². The van der Waals surface area contributed by atoms with Crippen molar-refractivity contribution in [2.24, 2.45) is 12.2 Å². The van der Waals surface area contributed by atoms with E-state index in [-0.39, 0.29) is 28.8 Å². The highest BCUT2D eigenvalue weighted by atomic mass is 19.1. The molecule has 1 heterocycles. The number of pyridine rings is 1. The maximum atomic E-state index is 14.9. The van der Waals surface area contributed by atoms with Crippen molar-refractivity contribution in [3.63, 3.8) is 0 Å². The summed E-state index contributed by atoms with van der Waals surface area (Å²) in [5.74, 6) is -3.08. The summed E-state index contributed by atoms with van der Waals surface area (Å²) in [5.41, 5.74) is 3.20. The highest BCUT2D eigenvalue weighted by Crippen LogP contribution is 2.33. The fraction of sp³-hybridized carbons (Fsp3) is 0.107. The van der Waals surface area contributed by atoms with Gasteiger partial charge in [-0.1, -0.05) is 47.6 Å². The molecule has 1 unspecified atom stereocenters. The number of hydrogen-bond acceptors (Lipinski definition) is 4. The fourth-order valence-electron chi connectivity index (χ4n) is 4.08. The molecular formula is C28H22F2N2O4. The molecule has 8 heteroatoms. The van der Waals surface area contributed by atoms with Gasteiger partial charge in [0.2, 0.25) is 5.56 Å². The Morgan fingerprint density at radius 1 is 0.917 bits per heavy atom. The van der Waals surface area contributed by atoms with Crippen LogP contribution in [0.2, 0.25) is 0 Å². The number of halogens is 2. The first-order valence-corrected chi connectivity index (χ1v) is 11.0. The van der Waals surface area contributed by atoms with Crippen LogP contribution in [0.1, 0.15) is 39.4 Å². The molecule has 3 aromatic carbocycles. The Balaban J connectivity index is 1.72. The van der Waals surface area contributed by atoms with Gasteiger partial charge in [-0.05, 0) is 46.5 Å². The third kappa shape index (κ3) is 5.22. The van der Waals surface area contributed by atoms with Crippen molar-refractivity contribution in [3.05, 3.63) is 129 Å². The Kier molecular flexibility index (Phi) is 7.05. The Bertz CT molecular complexity index is 1490. The summed E-state index contributed by atoms with van der Waals surface area (Å²) in [7, 11) is 1.57. The Labute approximate surface area is 205 Å². The van der Waals surface area contributed by atoms with Crippen molar-refractivity contribution in [1.82, 2.24) is 4.57 Å². The van der Waals surface area contributed by atoms with E-state index in [0.717, 1.165) is 17.2 Å². The Hall–Kier alpha value is -4.59. The molecule has 2 N–H and O–H groups in total. The minimum absolute atomic E-state index is 0.0733. The van der Waals surface area contributed by atoms with Crippen molar-refractivity contribution >= 4 is 11.7 Å². The molecule has 0 aliphatic rings. The lowest BCUT2D eigenvalue weighted by atomic mass is 9.84. The van der Waals surface area contributed by atoms with Crippen LogP contribution >= 0.6 is 0 Å². The zero-order chi connectivity index (χ0) is 25.8. The van der Waals surface area contributed by atoms with Gasteiger partial charge in [-0.15, -0.1) is 0 Å². The summed E-state index contributed by atoms with van der Waals surface area (Å²) in [6, 6.07) is 19.9.